The largest absolute Gasteiger partial charge is 0.370 e. The molecule has 0 saturated heterocycles. The maximum Gasteiger partial charge on any atom is 0.243 e. The van der Waals surface area contributed by atoms with Gasteiger partial charge in [-0.25, -0.2) is 0 Å². The van der Waals surface area contributed by atoms with Gasteiger partial charge in [0.05, 0.1) is 12.6 Å². The predicted octanol–water partition coefficient (Wildman–Crippen LogP) is -1.66. The van der Waals surface area contributed by atoms with Crippen LogP contribution in [0.3, 0.4) is 0 Å². The van der Waals surface area contributed by atoms with Gasteiger partial charge in [0.25, 0.3) is 0 Å². The minimum Gasteiger partial charge on any atom is -0.370 e. The van der Waals surface area contributed by atoms with E-state index in [1.165, 1.54) is 0 Å². The standard InChI is InChI=1S/C8H17N3O3/c1-2-6(8(10)13)11-3-4-14-5-7(9)12/h6,11H,2-5H2,1H3,(H2,9,12)(H2,10,13). The van der Waals surface area contributed by atoms with Gasteiger partial charge in [-0.3, -0.25) is 9.59 Å². The molecule has 0 aliphatic rings. The zero-order valence-electron chi connectivity index (χ0n) is 8.29. The molecule has 6 nitrogen and oxygen atoms in total. The maximum atomic E-state index is 10.7. The summed E-state index contributed by atoms with van der Waals surface area (Å²) in [4.78, 5) is 21.0. The number of hydrogen-bond donors (Lipinski definition) is 3. The summed E-state index contributed by atoms with van der Waals surface area (Å²) in [6.45, 7) is 2.54. The lowest BCUT2D eigenvalue weighted by molar-refractivity contribution is -0.123. The van der Waals surface area contributed by atoms with Crippen molar-refractivity contribution < 1.29 is 14.3 Å². The zero-order valence-corrected chi connectivity index (χ0v) is 8.29. The van der Waals surface area contributed by atoms with Gasteiger partial charge in [-0.15, -0.1) is 0 Å². The number of rotatable bonds is 8. The van der Waals surface area contributed by atoms with E-state index < -0.39 is 5.91 Å². The highest BCUT2D eigenvalue weighted by Crippen LogP contribution is 1.87. The van der Waals surface area contributed by atoms with Crippen LogP contribution in [0.15, 0.2) is 0 Å². The Hall–Kier alpha value is -1.14. The van der Waals surface area contributed by atoms with Crippen molar-refractivity contribution in [2.75, 3.05) is 19.8 Å². The summed E-state index contributed by atoms with van der Waals surface area (Å²) in [5.41, 5.74) is 9.94. The second kappa shape index (κ2) is 7.28. The Morgan fingerprint density at radius 2 is 2.07 bits per heavy atom. The molecule has 6 heteroatoms. The van der Waals surface area contributed by atoms with Crippen LogP contribution < -0.4 is 16.8 Å². The van der Waals surface area contributed by atoms with Crippen LogP contribution in [0.5, 0.6) is 0 Å². The fourth-order valence-electron chi connectivity index (χ4n) is 0.924. The van der Waals surface area contributed by atoms with Crippen LogP contribution in [-0.2, 0) is 14.3 Å². The first-order valence-electron chi connectivity index (χ1n) is 4.46. The fraction of sp³-hybridized carbons (Fsp3) is 0.750. The third kappa shape index (κ3) is 6.38. The monoisotopic (exact) mass is 203 g/mol. The first-order chi connectivity index (χ1) is 6.57. The van der Waals surface area contributed by atoms with Crippen molar-refractivity contribution in [3.63, 3.8) is 0 Å². The molecule has 0 spiro atoms. The molecule has 1 atom stereocenters. The second-order valence-electron chi connectivity index (χ2n) is 2.84. The van der Waals surface area contributed by atoms with Crippen molar-refractivity contribution in [2.24, 2.45) is 11.5 Å². The quantitative estimate of drug-likeness (QED) is 0.410. The summed E-state index contributed by atoms with van der Waals surface area (Å²) < 4.78 is 4.88. The zero-order chi connectivity index (χ0) is 11.0. The topological polar surface area (TPSA) is 107 Å². The molecular weight excluding hydrogens is 186 g/mol. The summed E-state index contributed by atoms with van der Waals surface area (Å²) in [5, 5.41) is 2.89. The van der Waals surface area contributed by atoms with E-state index in [9.17, 15) is 9.59 Å². The summed E-state index contributed by atoms with van der Waals surface area (Å²) in [6, 6.07) is -0.341. The lowest BCUT2D eigenvalue weighted by Gasteiger charge is -2.12. The molecule has 0 saturated carbocycles. The van der Waals surface area contributed by atoms with Crippen LogP contribution in [0, 0.1) is 0 Å². The number of amides is 2. The Kier molecular flexibility index (Phi) is 6.69. The lowest BCUT2D eigenvalue weighted by atomic mass is 10.2. The Labute approximate surface area is 83.0 Å². The van der Waals surface area contributed by atoms with Crippen LogP contribution in [0.25, 0.3) is 0 Å². The van der Waals surface area contributed by atoms with E-state index in [1.807, 2.05) is 6.92 Å². The normalized spacial score (nSPS) is 12.4. The van der Waals surface area contributed by atoms with E-state index in [0.29, 0.717) is 19.6 Å². The van der Waals surface area contributed by atoms with Crippen molar-refractivity contribution in [1.29, 1.82) is 0 Å². The maximum absolute atomic E-state index is 10.7. The molecule has 5 N–H and O–H groups in total. The predicted molar refractivity (Wildman–Crippen MR) is 51.3 cm³/mol. The van der Waals surface area contributed by atoms with Crippen LogP contribution >= 0.6 is 0 Å². The van der Waals surface area contributed by atoms with Gasteiger partial charge in [-0.2, -0.15) is 0 Å². The molecule has 0 aromatic rings. The summed E-state index contributed by atoms with van der Waals surface area (Å²) in [6.07, 6.45) is 0.630. The first-order valence-corrected chi connectivity index (χ1v) is 4.46. The van der Waals surface area contributed by atoms with Crippen molar-refractivity contribution in [2.45, 2.75) is 19.4 Å². The molecule has 0 bridgehead atoms. The molecule has 2 amide bonds. The average Bonchev–Trinajstić information content (AvgIpc) is 2.10. The highest BCUT2D eigenvalue weighted by atomic mass is 16.5. The summed E-state index contributed by atoms with van der Waals surface area (Å²) in [7, 11) is 0. The SMILES string of the molecule is CCC(NCCOCC(N)=O)C(N)=O. The Bertz CT molecular complexity index is 196. The third-order valence-electron chi connectivity index (χ3n) is 1.63. The lowest BCUT2D eigenvalue weighted by Crippen LogP contribution is -2.42. The highest BCUT2D eigenvalue weighted by Gasteiger charge is 2.10. The highest BCUT2D eigenvalue weighted by molar-refractivity contribution is 5.79. The van der Waals surface area contributed by atoms with Crippen LogP contribution in [0.2, 0.25) is 0 Å². The number of nitrogens with one attached hydrogen (secondary N) is 1. The molecule has 0 heterocycles. The van der Waals surface area contributed by atoms with E-state index in [-0.39, 0.29) is 18.6 Å². The van der Waals surface area contributed by atoms with E-state index in [2.05, 4.69) is 5.32 Å². The molecule has 0 radical (unpaired) electrons. The molecule has 14 heavy (non-hydrogen) atoms. The number of nitrogens with two attached hydrogens (primary N) is 2. The minimum absolute atomic E-state index is 0.102. The number of primary amides is 2. The summed E-state index contributed by atoms with van der Waals surface area (Å²) in [5.74, 6) is -0.894. The Morgan fingerprint density at radius 3 is 2.50 bits per heavy atom. The van der Waals surface area contributed by atoms with E-state index in [4.69, 9.17) is 16.2 Å². The van der Waals surface area contributed by atoms with Gasteiger partial charge in [-0.05, 0) is 6.42 Å². The van der Waals surface area contributed by atoms with Crippen molar-refractivity contribution in [1.82, 2.24) is 5.32 Å². The van der Waals surface area contributed by atoms with E-state index >= 15 is 0 Å². The molecule has 0 aromatic carbocycles. The molecular formula is C8H17N3O3. The number of hydrogen-bond acceptors (Lipinski definition) is 4. The van der Waals surface area contributed by atoms with Gasteiger partial charge >= 0.3 is 0 Å². The van der Waals surface area contributed by atoms with Crippen molar-refractivity contribution in [3.05, 3.63) is 0 Å². The van der Waals surface area contributed by atoms with Gasteiger partial charge in [0.15, 0.2) is 0 Å². The van der Waals surface area contributed by atoms with E-state index in [1.54, 1.807) is 0 Å². The molecule has 0 rings (SSSR count). The number of ether oxygens (including phenoxy) is 1. The summed E-state index contributed by atoms with van der Waals surface area (Å²) >= 11 is 0. The molecule has 0 aliphatic carbocycles. The van der Waals surface area contributed by atoms with Crippen molar-refractivity contribution >= 4 is 11.8 Å². The second-order valence-corrected chi connectivity index (χ2v) is 2.84. The molecule has 0 aliphatic heterocycles. The fourth-order valence-corrected chi connectivity index (χ4v) is 0.924. The van der Waals surface area contributed by atoms with Crippen molar-refractivity contribution in [3.8, 4) is 0 Å². The van der Waals surface area contributed by atoms with Crippen LogP contribution in [0.1, 0.15) is 13.3 Å². The van der Waals surface area contributed by atoms with Gasteiger partial charge in [0.1, 0.15) is 6.61 Å². The van der Waals surface area contributed by atoms with Gasteiger partial charge in [0, 0.05) is 6.54 Å². The number of carbonyl (C=O) groups is 2. The Balaban J connectivity index is 3.42. The Morgan fingerprint density at radius 1 is 1.43 bits per heavy atom. The molecule has 0 fully saturated rings. The van der Waals surface area contributed by atoms with Crippen LogP contribution in [-0.4, -0.2) is 37.6 Å². The molecule has 1 unspecified atom stereocenters. The van der Waals surface area contributed by atoms with Gasteiger partial charge < -0.3 is 21.5 Å². The number of carbonyl (C=O) groups excluding carboxylic acids is 2. The smallest absolute Gasteiger partial charge is 0.243 e. The third-order valence-corrected chi connectivity index (χ3v) is 1.63. The molecule has 0 aromatic heterocycles. The average molecular weight is 203 g/mol. The first kappa shape index (κ1) is 12.9. The van der Waals surface area contributed by atoms with Gasteiger partial charge in [-0.1, -0.05) is 6.92 Å². The van der Waals surface area contributed by atoms with Crippen LogP contribution in [0.4, 0.5) is 0 Å². The van der Waals surface area contributed by atoms with E-state index in [0.717, 1.165) is 0 Å². The minimum atomic E-state index is -0.507. The van der Waals surface area contributed by atoms with Gasteiger partial charge in [0.2, 0.25) is 11.8 Å². The molecule has 82 valence electrons.